The predicted molar refractivity (Wildman–Crippen MR) is 62.5 cm³/mol. The van der Waals surface area contributed by atoms with Crippen LogP contribution in [-0.2, 0) is 11.2 Å². The highest BCUT2D eigenvalue weighted by Gasteiger charge is 1.99. The largest absolute Gasteiger partial charge is 0.383 e. The van der Waals surface area contributed by atoms with Gasteiger partial charge >= 0.3 is 0 Å². The minimum Gasteiger partial charge on any atom is -0.383 e. The number of rotatable bonds is 8. The van der Waals surface area contributed by atoms with Gasteiger partial charge in [-0.05, 0) is 0 Å². The van der Waals surface area contributed by atoms with Crippen molar-refractivity contribution >= 4 is 16.7 Å². The normalized spacial score (nSPS) is 10.5. The van der Waals surface area contributed by atoms with Crippen molar-refractivity contribution in [2.75, 3.05) is 38.7 Å². The van der Waals surface area contributed by atoms with Gasteiger partial charge in [-0.2, -0.15) is 4.37 Å². The van der Waals surface area contributed by atoms with Gasteiger partial charge in [0.1, 0.15) is 5.82 Å². The summed E-state index contributed by atoms with van der Waals surface area (Å²) in [6.45, 7) is 5.46. The van der Waals surface area contributed by atoms with Crippen LogP contribution in [0.5, 0.6) is 0 Å². The van der Waals surface area contributed by atoms with E-state index in [2.05, 4.69) is 26.9 Å². The zero-order valence-corrected chi connectivity index (χ0v) is 10.1. The van der Waals surface area contributed by atoms with E-state index in [0.717, 1.165) is 43.6 Å². The molecule has 0 atom stereocenters. The predicted octanol–water partition coefficient (Wildman–Crippen LogP) is 0.748. The molecule has 15 heavy (non-hydrogen) atoms. The first-order valence-electron chi connectivity index (χ1n) is 5.13. The molecule has 5 nitrogen and oxygen atoms in total. The van der Waals surface area contributed by atoms with Crippen molar-refractivity contribution in [1.82, 2.24) is 14.7 Å². The minimum absolute atomic E-state index is 0.749. The molecule has 2 N–H and O–H groups in total. The van der Waals surface area contributed by atoms with Crippen molar-refractivity contribution in [3.05, 3.63) is 5.82 Å². The molecule has 0 fully saturated rings. The Morgan fingerprint density at radius 1 is 1.33 bits per heavy atom. The SMILES string of the molecule is CCc1nsc(NCCNCCOC)n1. The summed E-state index contributed by atoms with van der Waals surface area (Å²) in [4.78, 5) is 4.31. The molecular formula is C9H18N4OS. The molecule has 1 aromatic heterocycles. The second-order valence-electron chi connectivity index (χ2n) is 3.04. The molecule has 0 amide bonds. The topological polar surface area (TPSA) is 59.1 Å². The lowest BCUT2D eigenvalue weighted by Gasteiger charge is -2.03. The van der Waals surface area contributed by atoms with Crippen molar-refractivity contribution in [2.24, 2.45) is 0 Å². The van der Waals surface area contributed by atoms with Crippen molar-refractivity contribution < 1.29 is 4.74 Å². The summed E-state index contributed by atoms with van der Waals surface area (Å²) >= 11 is 1.42. The molecule has 1 rings (SSSR count). The fraction of sp³-hybridized carbons (Fsp3) is 0.778. The molecule has 0 radical (unpaired) electrons. The summed E-state index contributed by atoms with van der Waals surface area (Å²) in [6.07, 6.45) is 0.893. The highest BCUT2D eigenvalue weighted by Crippen LogP contribution is 2.09. The van der Waals surface area contributed by atoms with Gasteiger partial charge < -0.3 is 15.4 Å². The highest BCUT2D eigenvalue weighted by atomic mass is 32.1. The van der Waals surface area contributed by atoms with E-state index in [1.54, 1.807) is 7.11 Å². The smallest absolute Gasteiger partial charge is 0.202 e. The molecule has 0 aliphatic carbocycles. The number of hydrogen-bond donors (Lipinski definition) is 2. The number of methoxy groups -OCH3 is 1. The third-order valence-electron chi connectivity index (χ3n) is 1.85. The van der Waals surface area contributed by atoms with Crippen molar-refractivity contribution in [1.29, 1.82) is 0 Å². The molecule has 0 saturated heterocycles. The lowest BCUT2D eigenvalue weighted by molar-refractivity contribution is 0.200. The third kappa shape index (κ3) is 5.06. The number of anilines is 1. The second-order valence-corrected chi connectivity index (χ2v) is 3.79. The highest BCUT2D eigenvalue weighted by molar-refractivity contribution is 7.09. The molecule has 1 aromatic rings. The van der Waals surface area contributed by atoms with Crippen LogP contribution >= 0.6 is 11.5 Å². The lowest BCUT2D eigenvalue weighted by Crippen LogP contribution is -2.25. The number of nitrogens with one attached hydrogen (secondary N) is 2. The van der Waals surface area contributed by atoms with Gasteiger partial charge in [-0.25, -0.2) is 4.98 Å². The van der Waals surface area contributed by atoms with Crippen LogP contribution in [0.1, 0.15) is 12.7 Å². The summed E-state index contributed by atoms with van der Waals surface area (Å²) in [5.74, 6) is 0.912. The van der Waals surface area contributed by atoms with Crippen molar-refractivity contribution in [3.63, 3.8) is 0 Å². The number of hydrogen-bond acceptors (Lipinski definition) is 6. The molecule has 0 aliphatic heterocycles. The molecule has 0 aromatic carbocycles. The first-order chi connectivity index (χ1) is 7.36. The average molecular weight is 230 g/mol. The van der Waals surface area contributed by atoms with Crippen LogP contribution in [-0.4, -0.2) is 42.7 Å². The van der Waals surface area contributed by atoms with Gasteiger partial charge in [0.15, 0.2) is 0 Å². The maximum absolute atomic E-state index is 4.92. The van der Waals surface area contributed by atoms with E-state index in [4.69, 9.17) is 4.74 Å². The summed E-state index contributed by atoms with van der Waals surface area (Å²) in [6, 6.07) is 0. The Kier molecular flexibility index (Phi) is 6.22. The fourth-order valence-corrected chi connectivity index (χ4v) is 1.70. The van der Waals surface area contributed by atoms with Crippen LogP contribution in [0.4, 0.5) is 5.13 Å². The van der Waals surface area contributed by atoms with Crippen LogP contribution < -0.4 is 10.6 Å². The van der Waals surface area contributed by atoms with E-state index in [1.165, 1.54) is 11.5 Å². The van der Waals surface area contributed by atoms with Gasteiger partial charge in [-0.3, -0.25) is 0 Å². The van der Waals surface area contributed by atoms with Crippen LogP contribution in [0.25, 0.3) is 0 Å². The number of aryl methyl sites for hydroxylation is 1. The molecule has 86 valence electrons. The zero-order chi connectivity index (χ0) is 10.9. The molecule has 0 bridgehead atoms. The van der Waals surface area contributed by atoms with Crippen molar-refractivity contribution in [2.45, 2.75) is 13.3 Å². The first-order valence-corrected chi connectivity index (χ1v) is 5.90. The number of ether oxygens (including phenoxy) is 1. The molecule has 0 unspecified atom stereocenters. The van der Waals surface area contributed by atoms with E-state index in [-0.39, 0.29) is 0 Å². The van der Waals surface area contributed by atoms with Crippen molar-refractivity contribution in [3.8, 4) is 0 Å². The van der Waals surface area contributed by atoms with E-state index in [1.807, 2.05) is 0 Å². The standard InChI is InChI=1S/C9H18N4OS/c1-3-8-12-9(15-13-8)11-5-4-10-6-7-14-2/h10H,3-7H2,1-2H3,(H,11,12,13). The Hall–Kier alpha value is -0.720. The molecule has 0 spiro atoms. The van der Waals surface area contributed by atoms with Gasteiger partial charge in [-0.1, -0.05) is 6.92 Å². The molecule has 0 saturated carbocycles. The first kappa shape index (κ1) is 12.4. The summed E-state index contributed by atoms with van der Waals surface area (Å²) in [7, 11) is 1.70. The maximum Gasteiger partial charge on any atom is 0.202 e. The Balaban J connectivity index is 2.04. The average Bonchev–Trinajstić information content (AvgIpc) is 2.71. The Labute approximate surface area is 94.4 Å². The van der Waals surface area contributed by atoms with Gasteiger partial charge in [-0.15, -0.1) is 0 Å². The summed E-state index contributed by atoms with van der Waals surface area (Å²) in [5, 5.41) is 7.37. The fourth-order valence-electron chi connectivity index (χ4n) is 1.03. The summed E-state index contributed by atoms with van der Waals surface area (Å²) < 4.78 is 9.11. The van der Waals surface area contributed by atoms with E-state index >= 15 is 0 Å². The quantitative estimate of drug-likeness (QED) is 0.645. The summed E-state index contributed by atoms with van der Waals surface area (Å²) in [5.41, 5.74) is 0. The Morgan fingerprint density at radius 2 is 2.20 bits per heavy atom. The van der Waals surface area contributed by atoms with Crippen LogP contribution in [0.2, 0.25) is 0 Å². The Morgan fingerprint density at radius 3 is 2.87 bits per heavy atom. The lowest BCUT2D eigenvalue weighted by atomic mass is 10.5. The van der Waals surface area contributed by atoms with Crippen LogP contribution in [0, 0.1) is 0 Å². The molecular weight excluding hydrogens is 212 g/mol. The van der Waals surface area contributed by atoms with Gasteiger partial charge in [0.2, 0.25) is 5.13 Å². The minimum atomic E-state index is 0.749. The Bertz CT molecular complexity index is 266. The third-order valence-corrected chi connectivity index (χ3v) is 2.56. The zero-order valence-electron chi connectivity index (χ0n) is 9.25. The van der Waals surface area contributed by atoms with E-state index in [9.17, 15) is 0 Å². The molecule has 1 heterocycles. The van der Waals surface area contributed by atoms with Gasteiger partial charge in [0.05, 0.1) is 6.61 Å². The van der Waals surface area contributed by atoms with E-state index < -0.39 is 0 Å². The van der Waals surface area contributed by atoms with Crippen LogP contribution in [0.15, 0.2) is 0 Å². The van der Waals surface area contributed by atoms with Gasteiger partial charge in [0.25, 0.3) is 0 Å². The molecule has 0 aliphatic rings. The second kappa shape index (κ2) is 7.56. The number of nitrogens with zero attached hydrogens (tertiary/aromatic N) is 2. The monoisotopic (exact) mass is 230 g/mol. The number of aromatic nitrogens is 2. The maximum atomic E-state index is 4.92. The van der Waals surface area contributed by atoms with Crippen LogP contribution in [0.3, 0.4) is 0 Å². The van der Waals surface area contributed by atoms with E-state index in [0.29, 0.717) is 0 Å². The molecule has 6 heteroatoms. The van der Waals surface area contributed by atoms with Gasteiger partial charge in [0, 0.05) is 44.7 Å².